The molecule has 6 atom stereocenters. The summed E-state index contributed by atoms with van der Waals surface area (Å²) in [4.78, 5) is 51.5. The lowest BCUT2D eigenvalue weighted by Crippen LogP contribution is -2.61. The van der Waals surface area contributed by atoms with Gasteiger partial charge < -0.3 is 39.0 Å². The van der Waals surface area contributed by atoms with Gasteiger partial charge in [0.05, 0.1) is 6.61 Å². The third-order valence-corrected chi connectivity index (χ3v) is 16.7. The van der Waals surface area contributed by atoms with Gasteiger partial charge in [0.2, 0.25) is 0 Å². The van der Waals surface area contributed by atoms with Gasteiger partial charge in [0.1, 0.15) is 18.8 Å². The minimum atomic E-state index is -1.90. The van der Waals surface area contributed by atoms with Crippen molar-refractivity contribution in [1.29, 1.82) is 0 Å². The van der Waals surface area contributed by atoms with E-state index in [1.165, 1.54) is 225 Å². The molecular formula is C73H132O12. The zero-order valence-corrected chi connectivity index (χ0v) is 55.1. The molecule has 12 nitrogen and oxygen atoms in total. The van der Waals surface area contributed by atoms with Crippen LogP contribution in [0.15, 0.2) is 36.5 Å². The number of esters is 3. The van der Waals surface area contributed by atoms with Crippen molar-refractivity contribution < 1.29 is 58.2 Å². The lowest BCUT2D eigenvalue weighted by molar-refractivity contribution is -0.301. The molecule has 1 aliphatic rings. The number of aliphatic hydroxyl groups is 2. The van der Waals surface area contributed by atoms with Crippen LogP contribution >= 0.6 is 0 Å². The predicted molar refractivity (Wildman–Crippen MR) is 350 cm³/mol. The number of aliphatic hydroxyl groups excluding tert-OH is 2. The van der Waals surface area contributed by atoms with Gasteiger partial charge in [-0.1, -0.05) is 295 Å². The second-order valence-electron chi connectivity index (χ2n) is 24.9. The Morgan fingerprint density at radius 2 is 0.706 bits per heavy atom. The molecule has 12 heteroatoms. The van der Waals surface area contributed by atoms with Crippen molar-refractivity contribution in [2.45, 2.75) is 391 Å². The predicted octanol–water partition coefficient (Wildman–Crippen LogP) is 19.9. The highest BCUT2D eigenvalue weighted by atomic mass is 16.7. The standard InChI is InChI=1S/C73H132O12/c1-4-7-10-13-16-19-22-25-28-31-33-36-38-41-44-47-50-53-56-59-65(74)81-62-64(83-66(75)60-57-54-51-48-45-42-40-37-34-32-29-26-23-20-17-14-11-8-5-2)63-82-73-71(69(78)68(77)70(85-73)72(79)80)84-67(76)61-58-55-52-49-46-43-39-35-30-27-24-21-18-15-12-9-6-3/h16,19,25-26,28-29,64,68-71,73,77-78H,4-15,17-18,20-24,27,30-63H2,1-3H3,(H,79,80)/b19-16-,28-25-,29-26-. The first-order chi connectivity index (χ1) is 41.6. The van der Waals surface area contributed by atoms with E-state index in [-0.39, 0.29) is 25.9 Å². The fourth-order valence-electron chi connectivity index (χ4n) is 11.2. The molecule has 0 aromatic carbocycles. The average molecular weight is 1200 g/mol. The summed E-state index contributed by atoms with van der Waals surface area (Å²) in [6.45, 7) is 6.04. The highest BCUT2D eigenvalue weighted by Crippen LogP contribution is 2.27. The third-order valence-electron chi connectivity index (χ3n) is 16.7. The highest BCUT2D eigenvalue weighted by molar-refractivity contribution is 5.74. The van der Waals surface area contributed by atoms with Crippen LogP contribution in [0, 0.1) is 0 Å². The molecule has 496 valence electrons. The van der Waals surface area contributed by atoms with E-state index in [0.29, 0.717) is 19.3 Å². The molecule has 0 aromatic rings. The lowest BCUT2D eigenvalue weighted by Gasteiger charge is -2.40. The quantitative estimate of drug-likeness (QED) is 0.0228. The summed E-state index contributed by atoms with van der Waals surface area (Å²) in [5, 5.41) is 31.7. The van der Waals surface area contributed by atoms with Crippen LogP contribution in [0.3, 0.4) is 0 Å². The molecule has 3 N–H and O–H groups in total. The molecule has 0 spiro atoms. The number of carbonyl (C=O) groups is 4. The molecule has 1 heterocycles. The average Bonchev–Trinajstić information content (AvgIpc) is 3.46. The van der Waals surface area contributed by atoms with Gasteiger partial charge in [-0.25, -0.2) is 4.79 Å². The number of hydrogen-bond donors (Lipinski definition) is 3. The summed E-state index contributed by atoms with van der Waals surface area (Å²) in [5.74, 6) is -3.08. The zero-order chi connectivity index (χ0) is 61.7. The Bertz CT molecular complexity index is 1610. The number of hydrogen-bond acceptors (Lipinski definition) is 11. The third kappa shape index (κ3) is 50.5. The van der Waals surface area contributed by atoms with Crippen LogP contribution in [-0.4, -0.2) is 89.2 Å². The van der Waals surface area contributed by atoms with E-state index in [1.54, 1.807) is 0 Å². The van der Waals surface area contributed by atoms with Gasteiger partial charge >= 0.3 is 23.9 Å². The van der Waals surface area contributed by atoms with E-state index in [1.807, 2.05) is 0 Å². The summed E-state index contributed by atoms with van der Waals surface area (Å²) in [6.07, 6.45) is 62.3. The van der Waals surface area contributed by atoms with Gasteiger partial charge in [0.15, 0.2) is 24.6 Å². The molecule has 6 unspecified atom stereocenters. The largest absolute Gasteiger partial charge is 0.479 e. The topological polar surface area (TPSA) is 175 Å². The first-order valence-electron chi connectivity index (χ1n) is 36.0. The van der Waals surface area contributed by atoms with Crippen LogP contribution in [0.25, 0.3) is 0 Å². The number of rotatable bonds is 63. The van der Waals surface area contributed by atoms with Crippen molar-refractivity contribution in [2.24, 2.45) is 0 Å². The summed E-state index contributed by atoms with van der Waals surface area (Å²) >= 11 is 0. The summed E-state index contributed by atoms with van der Waals surface area (Å²) in [5.41, 5.74) is 0. The van der Waals surface area contributed by atoms with Crippen LogP contribution in [-0.2, 0) is 42.9 Å². The van der Waals surface area contributed by atoms with Crippen molar-refractivity contribution in [2.75, 3.05) is 13.2 Å². The molecule has 0 radical (unpaired) electrons. The zero-order valence-electron chi connectivity index (χ0n) is 55.1. The van der Waals surface area contributed by atoms with Crippen molar-refractivity contribution in [1.82, 2.24) is 0 Å². The lowest BCUT2D eigenvalue weighted by atomic mass is 9.98. The fraction of sp³-hybridized carbons (Fsp3) is 0.863. The van der Waals surface area contributed by atoms with Crippen LogP contribution < -0.4 is 0 Å². The molecule has 0 aromatic heterocycles. The number of carbonyl (C=O) groups excluding carboxylic acids is 3. The number of aliphatic carboxylic acids is 1. The normalized spacial score (nSPS) is 17.6. The Kier molecular flexibility index (Phi) is 57.6. The van der Waals surface area contributed by atoms with E-state index in [0.717, 1.165) is 70.6 Å². The van der Waals surface area contributed by atoms with E-state index >= 15 is 0 Å². The van der Waals surface area contributed by atoms with Crippen molar-refractivity contribution >= 4 is 23.9 Å². The Labute approximate surface area is 521 Å². The summed E-state index contributed by atoms with van der Waals surface area (Å²) in [6, 6.07) is 0. The SMILES string of the molecule is CCCCC/C=C\C/C=C\CCCCCCCCCCCC(=O)OCC(COC1OC(C(=O)O)C(O)C(O)C1OC(=O)CCCCCCCCCCCCCCCCCCC)OC(=O)CCCCCCCCCCC/C=C\CCCCCCCC. The first kappa shape index (κ1) is 80.0. The maximum Gasteiger partial charge on any atom is 0.335 e. The van der Waals surface area contributed by atoms with Gasteiger partial charge in [0.25, 0.3) is 0 Å². The van der Waals surface area contributed by atoms with Gasteiger partial charge in [-0.3, -0.25) is 14.4 Å². The van der Waals surface area contributed by atoms with Gasteiger partial charge in [-0.15, -0.1) is 0 Å². The van der Waals surface area contributed by atoms with Crippen LogP contribution in [0.5, 0.6) is 0 Å². The van der Waals surface area contributed by atoms with Gasteiger partial charge in [-0.2, -0.15) is 0 Å². The number of ether oxygens (including phenoxy) is 5. The Hall–Kier alpha value is -3.06. The second-order valence-corrected chi connectivity index (χ2v) is 24.9. The summed E-state index contributed by atoms with van der Waals surface area (Å²) in [7, 11) is 0. The minimum absolute atomic E-state index is 0.0664. The van der Waals surface area contributed by atoms with E-state index in [9.17, 15) is 34.5 Å². The molecule has 1 rings (SSSR count). The Morgan fingerprint density at radius 3 is 1.09 bits per heavy atom. The molecule has 1 saturated heterocycles. The molecule has 0 aliphatic carbocycles. The van der Waals surface area contributed by atoms with Crippen molar-refractivity contribution in [3.63, 3.8) is 0 Å². The molecule has 1 fully saturated rings. The van der Waals surface area contributed by atoms with E-state index < -0.39 is 67.3 Å². The van der Waals surface area contributed by atoms with E-state index in [2.05, 4.69) is 57.2 Å². The number of carboxylic acids is 1. The van der Waals surface area contributed by atoms with Crippen molar-refractivity contribution in [3.8, 4) is 0 Å². The Morgan fingerprint density at radius 1 is 0.388 bits per heavy atom. The fourth-order valence-corrected chi connectivity index (χ4v) is 11.2. The van der Waals surface area contributed by atoms with Crippen molar-refractivity contribution in [3.05, 3.63) is 36.5 Å². The number of carboxylic acid groups (broad SMARTS) is 1. The smallest absolute Gasteiger partial charge is 0.335 e. The van der Waals surface area contributed by atoms with E-state index in [4.69, 9.17) is 23.7 Å². The molecule has 0 bridgehead atoms. The minimum Gasteiger partial charge on any atom is -0.479 e. The molecule has 1 aliphatic heterocycles. The second kappa shape index (κ2) is 61.2. The van der Waals surface area contributed by atoms with Crippen LogP contribution in [0.4, 0.5) is 0 Å². The number of allylic oxidation sites excluding steroid dienone is 6. The number of unbranched alkanes of at least 4 members (excludes halogenated alkanes) is 43. The van der Waals surface area contributed by atoms with Crippen LogP contribution in [0.1, 0.15) is 355 Å². The molecule has 85 heavy (non-hydrogen) atoms. The summed E-state index contributed by atoms with van der Waals surface area (Å²) < 4.78 is 28.7. The first-order valence-corrected chi connectivity index (χ1v) is 36.0. The van der Waals surface area contributed by atoms with Crippen LogP contribution in [0.2, 0.25) is 0 Å². The van der Waals surface area contributed by atoms with Gasteiger partial charge in [-0.05, 0) is 77.0 Å². The Balaban J connectivity index is 2.62. The maximum absolute atomic E-state index is 13.3. The molecular weight excluding hydrogens is 1070 g/mol. The highest BCUT2D eigenvalue weighted by Gasteiger charge is 2.50. The monoisotopic (exact) mass is 1200 g/mol. The molecule has 0 amide bonds. The van der Waals surface area contributed by atoms with Gasteiger partial charge in [0, 0.05) is 19.3 Å². The molecule has 0 saturated carbocycles. The maximum atomic E-state index is 13.3.